The Morgan fingerprint density at radius 1 is 1.06 bits per heavy atom. The van der Waals surface area contributed by atoms with E-state index >= 15 is 0 Å². The fourth-order valence-electron chi connectivity index (χ4n) is 3.24. The van der Waals surface area contributed by atoms with E-state index in [1.54, 1.807) is 30.3 Å². The molecule has 1 amide bonds. The van der Waals surface area contributed by atoms with E-state index in [-0.39, 0.29) is 23.8 Å². The van der Waals surface area contributed by atoms with Crippen LogP contribution in [0.25, 0.3) is 6.08 Å². The lowest BCUT2D eigenvalue weighted by molar-refractivity contribution is -0.116. The number of carbonyl (C=O) groups is 1. The predicted molar refractivity (Wildman–Crippen MR) is 134 cm³/mol. The molecule has 8 heteroatoms. The molecule has 33 heavy (non-hydrogen) atoms. The molecule has 1 aliphatic rings. The minimum absolute atomic E-state index is 0.174. The van der Waals surface area contributed by atoms with Gasteiger partial charge in [0, 0.05) is 5.69 Å². The van der Waals surface area contributed by atoms with Gasteiger partial charge in [-0.25, -0.2) is 4.39 Å². The maximum Gasteiger partial charge on any atom is 0.260 e. The molecule has 4 rings (SSSR count). The number of anilines is 1. The summed E-state index contributed by atoms with van der Waals surface area (Å²) in [7, 11) is 0. The Labute approximate surface area is 206 Å². The molecule has 0 radical (unpaired) electrons. The van der Waals surface area contributed by atoms with Gasteiger partial charge in [-0.1, -0.05) is 66.2 Å². The van der Waals surface area contributed by atoms with Crippen molar-refractivity contribution in [3.8, 4) is 5.75 Å². The van der Waals surface area contributed by atoms with Crippen LogP contribution in [0.4, 0.5) is 10.1 Å². The predicted octanol–water partition coefficient (Wildman–Crippen LogP) is 6.87. The largest absolute Gasteiger partial charge is 0.486 e. The summed E-state index contributed by atoms with van der Waals surface area (Å²) in [5.74, 6) is -0.150. The van der Waals surface area contributed by atoms with Crippen LogP contribution in [0.2, 0.25) is 10.0 Å². The standard InChI is InChI=1S/C25H21Cl2FN2O2S/c1-2-15-5-9-19(10-6-15)29-25-30-24(31)22(33-25)13-17-11-20(26)23(21(27)12-17)32-14-16-3-7-18(28)8-4-16/h3-13,25,29H,2,14H2,1H3,(H,30,31)/b22-13-/t25-/m0/s1. The molecule has 2 N–H and O–H groups in total. The number of halogens is 3. The van der Waals surface area contributed by atoms with Crippen molar-refractivity contribution < 1.29 is 13.9 Å². The van der Waals surface area contributed by atoms with E-state index in [1.165, 1.54) is 29.5 Å². The molecular weight excluding hydrogens is 482 g/mol. The van der Waals surface area contributed by atoms with Gasteiger partial charge in [0.1, 0.15) is 12.4 Å². The number of ether oxygens (including phenoxy) is 1. The number of benzene rings is 3. The van der Waals surface area contributed by atoms with Gasteiger partial charge >= 0.3 is 0 Å². The third kappa shape index (κ3) is 6.02. The van der Waals surface area contributed by atoms with E-state index in [4.69, 9.17) is 27.9 Å². The lowest BCUT2D eigenvalue weighted by atomic mass is 10.1. The molecule has 3 aromatic rings. The molecule has 1 saturated heterocycles. The minimum atomic E-state index is -0.312. The van der Waals surface area contributed by atoms with Crippen molar-refractivity contribution in [3.05, 3.63) is 98.1 Å². The average molecular weight is 503 g/mol. The zero-order chi connectivity index (χ0) is 23.4. The van der Waals surface area contributed by atoms with Gasteiger partial charge in [0.15, 0.2) is 11.2 Å². The molecule has 1 heterocycles. The van der Waals surface area contributed by atoms with Gasteiger partial charge in [-0.05, 0) is 65.6 Å². The van der Waals surface area contributed by atoms with Crippen LogP contribution in [-0.4, -0.2) is 11.4 Å². The number of hydrogen-bond donors (Lipinski definition) is 2. The highest BCUT2D eigenvalue weighted by Crippen LogP contribution is 2.37. The van der Waals surface area contributed by atoms with Gasteiger partial charge in [-0.3, -0.25) is 4.79 Å². The van der Waals surface area contributed by atoms with Gasteiger partial charge in [0.2, 0.25) is 0 Å². The number of thioether (sulfide) groups is 1. The van der Waals surface area contributed by atoms with Crippen molar-refractivity contribution in [2.75, 3.05) is 5.32 Å². The van der Waals surface area contributed by atoms with E-state index in [0.717, 1.165) is 17.7 Å². The number of carbonyl (C=O) groups excluding carboxylic acids is 1. The molecule has 0 saturated carbocycles. The van der Waals surface area contributed by atoms with Crippen molar-refractivity contribution >= 4 is 52.6 Å². The summed E-state index contributed by atoms with van der Waals surface area (Å²) in [5.41, 5.74) is 3.38. The van der Waals surface area contributed by atoms with Crippen LogP contribution in [0.1, 0.15) is 23.6 Å². The second kappa shape index (κ2) is 10.5. The summed E-state index contributed by atoms with van der Waals surface area (Å²) >= 11 is 14.2. The van der Waals surface area contributed by atoms with Crippen molar-refractivity contribution in [3.63, 3.8) is 0 Å². The van der Waals surface area contributed by atoms with E-state index in [0.29, 0.717) is 26.3 Å². The van der Waals surface area contributed by atoms with Crippen LogP contribution in [0.5, 0.6) is 5.75 Å². The molecule has 0 unspecified atom stereocenters. The van der Waals surface area contributed by atoms with Crippen molar-refractivity contribution in [1.29, 1.82) is 0 Å². The summed E-state index contributed by atoms with van der Waals surface area (Å²) in [4.78, 5) is 13.0. The Bertz CT molecular complexity index is 1160. The fraction of sp³-hybridized carbons (Fsp3) is 0.160. The average Bonchev–Trinajstić information content (AvgIpc) is 3.13. The summed E-state index contributed by atoms with van der Waals surface area (Å²) in [6, 6.07) is 17.5. The molecule has 0 bridgehead atoms. The molecule has 1 fully saturated rings. The molecule has 0 aromatic heterocycles. The first-order valence-corrected chi connectivity index (χ1v) is 12.0. The maximum absolute atomic E-state index is 13.1. The van der Waals surface area contributed by atoms with Crippen LogP contribution in [0.15, 0.2) is 65.6 Å². The topological polar surface area (TPSA) is 50.4 Å². The number of aryl methyl sites for hydroxylation is 1. The highest BCUT2D eigenvalue weighted by molar-refractivity contribution is 8.05. The van der Waals surface area contributed by atoms with Gasteiger partial charge in [-0.2, -0.15) is 0 Å². The second-order valence-electron chi connectivity index (χ2n) is 7.40. The maximum atomic E-state index is 13.1. The Balaban J connectivity index is 1.43. The van der Waals surface area contributed by atoms with Gasteiger partial charge < -0.3 is 15.4 Å². The van der Waals surface area contributed by atoms with E-state index < -0.39 is 0 Å². The van der Waals surface area contributed by atoms with Gasteiger partial charge in [0.05, 0.1) is 15.0 Å². The molecule has 1 atom stereocenters. The number of rotatable bonds is 7. The highest BCUT2D eigenvalue weighted by atomic mass is 35.5. The van der Waals surface area contributed by atoms with E-state index in [1.807, 2.05) is 12.1 Å². The third-order valence-electron chi connectivity index (χ3n) is 5.01. The molecule has 0 aliphatic carbocycles. The Hall–Kier alpha value is -2.67. The molecule has 4 nitrogen and oxygen atoms in total. The molecule has 0 spiro atoms. The first kappa shape index (κ1) is 23.5. The van der Waals surface area contributed by atoms with Crippen molar-refractivity contribution in [1.82, 2.24) is 5.32 Å². The quantitative estimate of drug-likeness (QED) is 0.346. The molecule has 3 aromatic carbocycles. The normalized spacial score (nSPS) is 16.7. The zero-order valence-electron chi connectivity index (χ0n) is 17.7. The van der Waals surface area contributed by atoms with Crippen LogP contribution < -0.4 is 15.4 Å². The van der Waals surface area contributed by atoms with Crippen molar-refractivity contribution in [2.45, 2.75) is 25.4 Å². The number of hydrogen-bond acceptors (Lipinski definition) is 4. The lowest BCUT2D eigenvalue weighted by Gasteiger charge is -2.13. The first-order chi connectivity index (χ1) is 15.9. The highest BCUT2D eigenvalue weighted by Gasteiger charge is 2.27. The van der Waals surface area contributed by atoms with E-state index in [2.05, 4.69) is 29.7 Å². The van der Waals surface area contributed by atoms with Crippen LogP contribution in [0.3, 0.4) is 0 Å². The number of amides is 1. The summed E-state index contributed by atoms with van der Waals surface area (Å²) < 4.78 is 18.8. The Morgan fingerprint density at radius 2 is 1.70 bits per heavy atom. The summed E-state index contributed by atoms with van der Waals surface area (Å²) in [6.45, 7) is 2.31. The van der Waals surface area contributed by atoms with Crippen LogP contribution in [-0.2, 0) is 17.8 Å². The van der Waals surface area contributed by atoms with Crippen LogP contribution in [0, 0.1) is 5.82 Å². The summed E-state index contributed by atoms with van der Waals surface area (Å²) in [5, 5.41) is 6.86. The molecule has 170 valence electrons. The minimum Gasteiger partial charge on any atom is -0.486 e. The molecule has 1 aliphatic heterocycles. The van der Waals surface area contributed by atoms with E-state index in [9.17, 15) is 9.18 Å². The Morgan fingerprint density at radius 3 is 2.33 bits per heavy atom. The second-order valence-corrected chi connectivity index (χ2v) is 9.36. The Kier molecular flexibility index (Phi) is 7.48. The third-order valence-corrected chi connectivity index (χ3v) is 6.60. The monoisotopic (exact) mass is 502 g/mol. The van der Waals surface area contributed by atoms with Gasteiger partial charge in [0.25, 0.3) is 5.91 Å². The SMILES string of the molecule is CCc1ccc(N[C@H]2NC(=O)/C(=C/c3cc(Cl)c(OCc4ccc(F)cc4)c(Cl)c3)S2)cc1. The summed E-state index contributed by atoms with van der Waals surface area (Å²) in [6.07, 6.45) is 2.71. The zero-order valence-corrected chi connectivity index (χ0v) is 20.0. The fourth-order valence-corrected chi connectivity index (χ4v) is 4.84. The lowest BCUT2D eigenvalue weighted by Crippen LogP contribution is -2.30. The van der Waals surface area contributed by atoms with Crippen LogP contribution >= 0.6 is 35.0 Å². The smallest absolute Gasteiger partial charge is 0.260 e. The first-order valence-electron chi connectivity index (χ1n) is 10.3. The van der Waals surface area contributed by atoms with Crippen molar-refractivity contribution in [2.24, 2.45) is 0 Å². The molecular formula is C25H21Cl2FN2O2S. The van der Waals surface area contributed by atoms with Gasteiger partial charge in [-0.15, -0.1) is 0 Å². The number of nitrogens with one attached hydrogen (secondary N) is 2.